The highest BCUT2D eigenvalue weighted by atomic mass is 32.1. The Labute approximate surface area is 263 Å². The molecule has 0 fully saturated rings. The minimum absolute atomic E-state index is 0.0346. The van der Waals surface area contributed by atoms with E-state index in [1.165, 1.54) is 30.6 Å². The first-order chi connectivity index (χ1) is 21.7. The van der Waals surface area contributed by atoms with Crippen molar-refractivity contribution in [1.82, 2.24) is 24.6 Å². The zero-order valence-electron chi connectivity index (χ0n) is 25.4. The largest absolute Gasteiger partial charge is 0.490 e. The van der Waals surface area contributed by atoms with E-state index in [0.717, 1.165) is 33.2 Å². The first kappa shape index (κ1) is 30.4. The van der Waals surface area contributed by atoms with Gasteiger partial charge in [0.15, 0.2) is 0 Å². The Balaban J connectivity index is 1.61. The Hall–Kier alpha value is -4.68. The molecule has 6 rings (SSSR count). The molecule has 232 valence electrons. The number of amides is 1. The SMILES string of the molecule is C=CC(=O)N1Cc2cc(-c3nc(-c4ccc(N(C)C)nc4)c4ccsc4c3-c3c(F)cc(F)cc3OCCOC)nn2CC1C. The van der Waals surface area contributed by atoms with Crippen LogP contribution in [-0.4, -0.2) is 71.0 Å². The van der Waals surface area contributed by atoms with E-state index >= 15 is 4.39 Å². The third-order valence-electron chi connectivity index (χ3n) is 7.77. The number of methoxy groups -OCH3 is 1. The summed E-state index contributed by atoms with van der Waals surface area (Å²) in [4.78, 5) is 25.9. The van der Waals surface area contributed by atoms with Crippen molar-refractivity contribution in [3.63, 3.8) is 0 Å². The number of thiophene rings is 1. The van der Waals surface area contributed by atoms with Crippen LogP contribution in [0.15, 0.2) is 60.6 Å². The predicted molar refractivity (Wildman–Crippen MR) is 171 cm³/mol. The van der Waals surface area contributed by atoms with Crippen molar-refractivity contribution in [3.05, 3.63) is 78.0 Å². The van der Waals surface area contributed by atoms with Crippen LogP contribution < -0.4 is 9.64 Å². The minimum Gasteiger partial charge on any atom is -0.490 e. The molecule has 0 saturated heterocycles. The number of pyridine rings is 2. The highest BCUT2D eigenvalue weighted by molar-refractivity contribution is 7.18. The lowest BCUT2D eigenvalue weighted by molar-refractivity contribution is -0.129. The van der Waals surface area contributed by atoms with Crippen molar-refractivity contribution in [1.29, 1.82) is 0 Å². The molecule has 1 aliphatic rings. The van der Waals surface area contributed by atoms with Gasteiger partial charge < -0.3 is 19.3 Å². The molecule has 0 N–H and O–H groups in total. The van der Waals surface area contributed by atoms with Crippen LogP contribution >= 0.6 is 11.3 Å². The molecule has 0 aliphatic carbocycles. The van der Waals surface area contributed by atoms with E-state index in [4.69, 9.17) is 19.6 Å². The number of aromatic nitrogens is 4. The summed E-state index contributed by atoms with van der Waals surface area (Å²) in [6.07, 6.45) is 3.06. The number of carbonyl (C=O) groups is 1. The zero-order chi connectivity index (χ0) is 31.8. The van der Waals surface area contributed by atoms with Gasteiger partial charge in [0.25, 0.3) is 0 Å². The van der Waals surface area contributed by atoms with Crippen LogP contribution in [0.1, 0.15) is 12.6 Å². The number of nitrogens with zero attached hydrogens (tertiary/aromatic N) is 6. The maximum Gasteiger partial charge on any atom is 0.246 e. The topological polar surface area (TPSA) is 85.6 Å². The molecule has 0 radical (unpaired) electrons. The second-order valence-electron chi connectivity index (χ2n) is 11.0. The Bertz CT molecular complexity index is 1900. The lowest BCUT2D eigenvalue weighted by Gasteiger charge is -2.33. The summed E-state index contributed by atoms with van der Waals surface area (Å²) >= 11 is 1.42. The lowest BCUT2D eigenvalue weighted by Crippen LogP contribution is -2.44. The summed E-state index contributed by atoms with van der Waals surface area (Å²) < 4.78 is 44.1. The number of anilines is 1. The van der Waals surface area contributed by atoms with Gasteiger partial charge in [0.1, 0.15) is 41.2 Å². The molecule has 4 aromatic heterocycles. The number of carbonyl (C=O) groups excluding carboxylic acids is 1. The maximum absolute atomic E-state index is 16.0. The van der Waals surface area contributed by atoms with Crippen LogP contribution in [0.4, 0.5) is 14.6 Å². The zero-order valence-corrected chi connectivity index (χ0v) is 26.2. The molecule has 5 heterocycles. The fraction of sp³-hybridized carbons (Fsp3) is 0.273. The Morgan fingerprint density at radius 1 is 1.16 bits per heavy atom. The van der Waals surface area contributed by atoms with Crippen LogP contribution in [-0.2, 0) is 22.6 Å². The van der Waals surface area contributed by atoms with E-state index in [1.807, 2.05) is 60.2 Å². The second-order valence-corrected chi connectivity index (χ2v) is 11.9. The second kappa shape index (κ2) is 12.4. The Morgan fingerprint density at radius 2 is 1.98 bits per heavy atom. The Kier molecular flexibility index (Phi) is 8.34. The quantitative estimate of drug-likeness (QED) is 0.142. The molecule has 0 saturated carbocycles. The molecule has 1 aromatic carbocycles. The number of ether oxygens (including phenoxy) is 2. The fourth-order valence-corrected chi connectivity index (χ4v) is 6.49. The third kappa shape index (κ3) is 5.67. The normalized spacial score (nSPS) is 14.4. The van der Waals surface area contributed by atoms with Gasteiger partial charge >= 0.3 is 0 Å². The summed E-state index contributed by atoms with van der Waals surface area (Å²) in [6, 6.07) is 9.56. The molecule has 0 spiro atoms. The van der Waals surface area contributed by atoms with Crippen molar-refractivity contribution >= 4 is 33.1 Å². The van der Waals surface area contributed by atoms with Gasteiger partial charge in [0.2, 0.25) is 5.91 Å². The van der Waals surface area contributed by atoms with E-state index in [9.17, 15) is 9.18 Å². The fourth-order valence-electron chi connectivity index (χ4n) is 5.54. The van der Waals surface area contributed by atoms with Crippen molar-refractivity contribution in [2.45, 2.75) is 26.1 Å². The number of halogens is 2. The van der Waals surface area contributed by atoms with Crippen LogP contribution in [0.25, 0.3) is 43.9 Å². The van der Waals surface area contributed by atoms with Crippen molar-refractivity contribution in [2.24, 2.45) is 0 Å². The lowest BCUT2D eigenvalue weighted by atomic mass is 9.96. The van der Waals surface area contributed by atoms with Crippen LogP contribution in [0, 0.1) is 11.6 Å². The smallest absolute Gasteiger partial charge is 0.246 e. The van der Waals surface area contributed by atoms with Crippen molar-refractivity contribution in [2.75, 3.05) is 39.3 Å². The van der Waals surface area contributed by atoms with Gasteiger partial charge in [-0.1, -0.05) is 6.58 Å². The molecule has 1 atom stereocenters. The van der Waals surface area contributed by atoms with Crippen molar-refractivity contribution < 1.29 is 23.0 Å². The third-order valence-corrected chi connectivity index (χ3v) is 8.70. The highest BCUT2D eigenvalue weighted by Gasteiger charge is 2.30. The standard InChI is InChI=1S/C33H32F2N6O3S/c1-6-28(42)40-18-22-15-25(38-41(22)17-19(40)2)32-30(29-24(35)13-21(34)14-26(29)44-11-10-43-5)33-23(9-12-45-33)31(37-32)20-7-8-27(36-16-20)39(3)4/h6-9,12-16,19H,1,10-11,17-18H2,2-5H3. The van der Waals surface area contributed by atoms with Crippen molar-refractivity contribution in [3.8, 4) is 39.5 Å². The van der Waals surface area contributed by atoms with Gasteiger partial charge in [-0.15, -0.1) is 11.3 Å². The van der Waals surface area contributed by atoms with E-state index in [2.05, 4.69) is 11.6 Å². The maximum atomic E-state index is 16.0. The van der Waals surface area contributed by atoms with Crippen LogP contribution in [0.3, 0.4) is 0 Å². The summed E-state index contributed by atoms with van der Waals surface area (Å²) in [5, 5.41) is 7.60. The van der Waals surface area contributed by atoms with Crippen LogP contribution in [0.5, 0.6) is 5.75 Å². The first-order valence-electron chi connectivity index (χ1n) is 14.4. The van der Waals surface area contributed by atoms with E-state index in [-0.39, 0.29) is 36.5 Å². The summed E-state index contributed by atoms with van der Waals surface area (Å²) in [5.74, 6) is -0.893. The molecule has 45 heavy (non-hydrogen) atoms. The molecule has 5 aromatic rings. The predicted octanol–water partition coefficient (Wildman–Crippen LogP) is 6.17. The molecular formula is C33H32F2N6O3S. The average Bonchev–Trinajstić information content (AvgIpc) is 3.67. The van der Waals surface area contributed by atoms with Gasteiger partial charge in [-0.3, -0.25) is 9.48 Å². The number of benzene rings is 1. The molecule has 1 amide bonds. The average molecular weight is 631 g/mol. The minimum atomic E-state index is -0.787. The summed E-state index contributed by atoms with van der Waals surface area (Å²) in [7, 11) is 5.36. The van der Waals surface area contributed by atoms with E-state index in [1.54, 1.807) is 11.1 Å². The van der Waals surface area contributed by atoms with Gasteiger partial charge in [0, 0.05) is 66.8 Å². The molecule has 1 aliphatic heterocycles. The van der Waals surface area contributed by atoms with E-state index < -0.39 is 11.6 Å². The first-order valence-corrected chi connectivity index (χ1v) is 15.2. The number of fused-ring (bicyclic) bond motifs is 2. The number of rotatable bonds is 9. The Morgan fingerprint density at radius 3 is 2.69 bits per heavy atom. The van der Waals surface area contributed by atoms with Gasteiger partial charge in [0.05, 0.1) is 36.6 Å². The number of hydrogen-bond acceptors (Lipinski definition) is 8. The molecule has 12 heteroatoms. The van der Waals surface area contributed by atoms with Gasteiger partial charge in [-0.05, 0) is 42.6 Å². The van der Waals surface area contributed by atoms with Gasteiger partial charge in [-0.2, -0.15) is 5.10 Å². The highest BCUT2D eigenvalue weighted by Crippen LogP contribution is 2.47. The summed E-state index contributed by atoms with van der Waals surface area (Å²) in [6.45, 7) is 6.71. The number of hydrogen-bond donors (Lipinski definition) is 0. The molecule has 0 bridgehead atoms. The monoisotopic (exact) mass is 630 g/mol. The molecule has 1 unspecified atom stereocenters. The molecular weight excluding hydrogens is 598 g/mol. The summed E-state index contributed by atoms with van der Waals surface area (Å²) in [5.41, 5.74) is 3.62. The van der Waals surface area contributed by atoms with Gasteiger partial charge in [-0.25, -0.2) is 18.7 Å². The molecule has 9 nitrogen and oxygen atoms in total. The van der Waals surface area contributed by atoms with E-state index in [0.29, 0.717) is 35.7 Å². The van der Waals surface area contributed by atoms with Crippen LogP contribution in [0.2, 0.25) is 0 Å².